The van der Waals surface area contributed by atoms with Crippen LogP contribution in [-0.4, -0.2) is 43.7 Å². The molecule has 1 aromatic carbocycles. The summed E-state index contributed by atoms with van der Waals surface area (Å²) in [7, 11) is 0. The monoisotopic (exact) mass is 279 g/mol. The van der Waals surface area contributed by atoms with Crippen molar-refractivity contribution in [1.29, 1.82) is 0 Å². The van der Waals surface area contributed by atoms with E-state index in [2.05, 4.69) is 21.6 Å². The fourth-order valence-electron chi connectivity index (χ4n) is 3.26. The van der Waals surface area contributed by atoms with Gasteiger partial charge in [0.1, 0.15) is 0 Å². The third-order valence-corrected chi connectivity index (χ3v) is 4.58. The Morgan fingerprint density at radius 1 is 1.21 bits per heavy atom. The van der Waals surface area contributed by atoms with Gasteiger partial charge in [0.25, 0.3) is 0 Å². The number of anilines is 1. The molecule has 19 heavy (non-hydrogen) atoms. The first-order valence-corrected chi connectivity index (χ1v) is 7.64. The topological polar surface area (TPSA) is 27.3 Å². The molecule has 1 atom stereocenters. The van der Waals surface area contributed by atoms with E-state index in [1.165, 1.54) is 32.5 Å². The SMILES string of the molecule is Clc1cccc(NCCN[C@@H]2CN3CCC2CC3)c1. The third kappa shape index (κ3) is 3.41. The molecule has 0 aliphatic carbocycles. The van der Waals surface area contributed by atoms with E-state index in [0.29, 0.717) is 6.04 Å². The number of hydrogen-bond donors (Lipinski definition) is 2. The molecule has 3 fully saturated rings. The lowest BCUT2D eigenvalue weighted by Crippen LogP contribution is -2.56. The number of fused-ring (bicyclic) bond motifs is 3. The van der Waals surface area contributed by atoms with Crippen LogP contribution in [0.5, 0.6) is 0 Å². The second kappa shape index (κ2) is 6.12. The van der Waals surface area contributed by atoms with Gasteiger partial charge in [-0.25, -0.2) is 0 Å². The van der Waals surface area contributed by atoms with Crippen molar-refractivity contribution in [3.63, 3.8) is 0 Å². The highest BCUT2D eigenvalue weighted by Gasteiger charge is 2.33. The highest BCUT2D eigenvalue weighted by molar-refractivity contribution is 6.30. The molecule has 3 nitrogen and oxygen atoms in total. The smallest absolute Gasteiger partial charge is 0.0426 e. The average molecular weight is 280 g/mol. The lowest BCUT2D eigenvalue weighted by atomic mass is 9.84. The first-order valence-electron chi connectivity index (χ1n) is 7.26. The summed E-state index contributed by atoms with van der Waals surface area (Å²) in [5.74, 6) is 0.899. The molecule has 0 aromatic heterocycles. The van der Waals surface area contributed by atoms with E-state index in [4.69, 9.17) is 11.6 Å². The molecular formula is C15H22ClN3. The number of rotatable bonds is 5. The van der Waals surface area contributed by atoms with Gasteiger partial charge in [0.2, 0.25) is 0 Å². The van der Waals surface area contributed by atoms with E-state index in [0.717, 1.165) is 29.7 Å². The van der Waals surface area contributed by atoms with Crippen LogP contribution < -0.4 is 10.6 Å². The fraction of sp³-hybridized carbons (Fsp3) is 0.600. The minimum absolute atomic E-state index is 0.698. The largest absolute Gasteiger partial charge is 0.384 e. The predicted octanol–water partition coefficient (Wildman–Crippen LogP) is 2.44. The normalized spacial score (nSPS) is 29.4. The lowest BCUT2D eigenvalue weighted by molar-refractivity contribution is 0.0735. The van der Waals surface area contributed by atoms with Crippen LogP contribution in [0.4, 0.5) is 5.69 Å². The van der Waals surface area contributed by atoms with Crippen LogP contribution in [0, 0.1) is 5.92 Å². The maximum atomic E-state index is 5.96. The summed E-state index contributed by atoms with van der Waals surface area (Å²) in [5, 5.41) is 7.90. The quantitative estimate of drug-likeness (QED) is 0.811. The molecule has 0 spiro atoms. The summed E-state index contributed by atoms with van der Waals surface area (Å²) in [6, 6.07) is 8.60. The van der Waals surface area contributed by atoms with Crippen molar-refractivity contribution >= 4 is 17.3 Å². The van der Waals surface area contributed by atoms with Gasteiger partial charge in [0.15, 0.2) is 0 Å². The maximum Gasteiger partial charge on any atom is 0.0426 e. The zero-order chi connectivity index (χ0) is 13.1. The first-order chi connectivity index (χ1) is 9.31. The molecule has 0 radical (unpaired) electrons. The molecule has 0 saturated carbocycles. The van der Waals surface area contributed by atoms with Gasteiger partial charge in [-0.2, -0.15) is 0 Å². The van der Waals surface area contributed by atoms with Crippen molar-refractivity contribution < 1.29 is 0 Å². The van der Waals surface area contributed by atoms with Gasteiger partial charge in [0, 0.05) is 36.4 Å². The molecule has 2 N–H and O–H groups in total. The molecular weight excluding hydrogens is 258 g/mol. The summed E-state index contributed by atoms with van der Waals surface area (Å²) in [6.07, 6.45) is 2.75. The molecule has 0 amide bonds. The van der Waals surface area contributed by atoms with Crippen LogP contribution >= 0.6 is 11.6 Å². The van der Waals surface area contributed by atoms with Crippen LogP contribution in [-0.2, 0) is 0 Å². The summed E-state index contributed by atoms with van der Waals surface area (Å²) in [5.41, 5.74) is 1.10. The van der Waals surface area contributed by atoms with Crippen LogP contribution in [0.25, 0.3) is 0 Å². The van der Waals surface area contributed by atoms with Crippen LogP contribution in [0.15, 0.2) is 24.3 Å². The molecule has 4 rings (SSSR count). The number of hydrogen-bond acceptors (Lipinski definition) is 3. The first kappa shape index (κ1) is 13.2. The van der Waals surface area contributed by atoms with E-state index >= 15 is 0 Å². The average Bonchev–Trinajstić information content (AvgIpc) is 2.45. The molecule has 4 heteroatoms. The van der Waals surface area contributed by atoms with Gasteiger partial charge >= 0.3 is 0 Å². The van der Waals surface area contributed by atoms with Crippen molar-refractivity contribution in [3.8, 4) is 0 Å². The van der Waals surface area contributed by atoms with Gasteiger partial charge < -0.3 is 15.5 Å². The predicted molar refractivity (Wildman–Crippen MR) is 80.9 cm³/mol. The van der Waals surface area contributed by atoms with Crippen molar-refractivity contribution in [2.45, 2.75) is 18.9 Å². The van der Waals surface area contributed by atoms with Crippen LogP contribution in [0.3, 0.4) is 0 Å². The van der Waals surface area contributed by atoms with Gasteiger partial charge in [-0.1, -0.05) is 17.7 Å². The Balaban J connectivity index is 1.39. The zero-order valence-corrected chi connectivity index (χ0v) is 12.0. The third-order valence-electron chi connectivity index (χ3n) is 4.34. The Labute approximate surface area is 120 Å². The summed E-state index contributed by atoms with van der Waals surface area (Å²) in [6.45, 7) is 5.82. The highest BCUT2D eigenvalue weighted by Crippen LogP contribution is 2.27. The minimum Gasteiger partial charge on any atom is -0.384 e. The summed E-state index contributed by atoms with van der Waals surface area (Å²) in [4.78, 5) is 2.59. The Hall–Kier alpha value is -0.770. The van der Waals surface area contributed by atoms with Gasteiger partial charge in [-0.05, 0) is 50.0 Å². The number of benzene rings is 1. The van der Waals surface area contributed by atoms with Crippen LogP contribution in [0.1, 0.15) is 12.8 Å². The van der Waals surface area contributed by atoms with Gasteiger partial charge in [-0.3, -0.25) is 0 Å². The van der Waals surface area contributed by atoms with Crippen LogP contribution in [0.2, 0.25) is 5.02 Å². The van der Waals surface area contributed by atoms with E-state index in [-0.39, 0.29) is 0 Å². The van der Waals surface area contributed by atoms with E-state index in [1.807, 2.05) is 18.2 Å². The molecule has 1 aromatic rings. The number of halogens is 1. The Morgan fingerprint density at radius 2 is 2.05 bits per heavy atom. The van der Waals surface area contributed by atoms with E-state index in [1.54, 1.807) is 0 Å². The number of piperidine rings is 3. The Kier molecular flexibility index (Phi) is 4.26. The molecule has 3 aliphatic rings. The van der Waals surface area contributed by atoms with Crippen molar-refractivity contribution in [2.75, 3.05) is 38.0 Å². The number of nitrogens with one attached hydrogen (secondary N) is 2. The van der Waals surface area contributed by atoms with E-state index < -0.39 is 0 Å². The van der Waals surface area contributed by atoms with Crippen molar-refractivity contribution in [1.82, 2.24) is 10.2 Å². The van der Waals surface area contributed by atoms with E-state index in [9.17, 15) is 0 Å². The van der Waals surface area contributed by atoms with Crippen molar-refractivity contribution in [3.05, 3.63) is 29.3 Å². The second-order valence-corrected chi connectivity index (χ2v) is 6.07. The summed E-state index contributed by atoms with van der Waals surface area (Å²) < 4.78 is 0. The Morgan fingerprint density at radius 3 is 2.74 bits per heavy atom. The van der Waals surface area contributed by atoms with Gasteiger partial charge in [-0.15, -0.1) is 0 Å². The molecule has 0 unspecified atom stereocenters. The number of nitrogens with zero attached hydrogens (tertiary/aromatic N) is 1. The minimum atomic E-state index is 0.698. The zero-order valence-electron chi connectivity index (χ0n) is 11.2. The molecule has 2 bridgehead atoms. The highest BCUT2D eigenvalue weighted by atomic mass is 35.5. The maximum absolute atomic E-state index is 5.96. The lowest BCUT2D eigenvalue weighted by Gasteiger charge is -2.45. The second-order valence-electron chi connectivity index (χ2n) is 5.64. The molecule has 3 saturated heterocycles. The fourth-order valence-corrected chi connectivity index (χ4v) is 3.45. The van der Waals surface area contributed by atoms with Gasteiger partial charge in [0.05, 0.1) is 0 Å². The standard InChI is InChI=1S/C15H22ClN3/c16-13-2-1-3-14(10-13)17-6-7-18-15-11-19-8-4-12(15)5-9-19/h1-3,10,12,15,17-18H,4-9,11H2/t15-/m1/s1. The van der Waals surface area contributed by atoms with Crippen molar-refractivity contribution in [2.24, 2.45) is 5.92 Å². The summed E-state index contributed by atoms with van der Waals surface area (Å²) >= 11 is 5.96. The molecule has 104 valence electrons. The molecule has 3 heterocycles. The Bertz CT molecular complexity index is 416. The molecule has 3 aliphatic heterocycles.